The molecule has 3 heteroatoms. The summed E-state index contributed by atoms with van der Waals surface area (Å²) in [6.45, 7) is 23.2. The molecule has 1 aliphatic heterocycles. The highest BCUT2D eigenvalue weighted by Crippen LogP contribution is 2.21. The smallest absolute Gasteiger partial charge is 0.0243 e. The van der Waals surface area contributed by atoms with Crippen molar-refractivity contribution in [1.29, 1.82) is 0 Å². The highest BCUT2D eigenvalue weighted by molar-refractivity contribution is 4.87. The molecule has 19 heavy (non-hydrogen) atoms. The van der Waals surface area contributed by atoms with E-state index in [1.807, 2.05) is 0 Å². The molecule has 0 saturated carbocycles. The Balaban J connectivity index is 2.47. The molecule has 0 aliphatic carbocycles. The molecule has 1 N–H and O–H groups in total. The van der Waals surface area contributed by atoms with E-state index in [0.29, 0.717) is 17.0 Å². The first kappa shape index (κ1) is 16.9. The van der Waals surface area contributed by atoms with Crippen LogP contribution in [0, 0.1) is 5.41 Å². The van der Waals surface area contributed by atoms with Crippen LogP contribution < -0.4 is 5.32 Å². The van der Waals surface area contributed by atoms with Crippen LogP contribution in [-0.2, 0) is 0 Å². The molecule has 0 bridgehead atoms. The SMILES string of the molecule is CCNC(CN1CCN(C(C)(C)C)CC1)C(C)(C)C. The fourth-order valence-corrected chi connectivity index (χ4v) is 2.75. The Morgan fingerprint density at radius 2 is 1.47 bits per heavy atom. The molecule has 1 saturated heterocycles. The monoisotopic (exact) mass is 269 g/mol. The minimum atomic E-state index is 0.317. The molecule has 1 fully saturated rings. The van der Waals surface area contributed by atoms with Gasteiger partial charge in [0.15, 0.2) is 0 Å². The highest BCUT2D eigenvalue weighted by atomic mass is 15.3. The van der Waals surface area contributed by atoms with E-state index in [4.69, 9.17) is 0 Å². The van der Waals surface area contributed by atoms with Crippen molar-refractivity contribution in [2.24, 2.45) is 5.41 Å². The summed E-state index contributed by atoms with van der Waals surface area (Å²) in [5.41, 5.74) is 0.647. The molecular weight excluding hydrogens is 234 g/mol. The molecule has 114 valence electrons. The zero-order chi connectivity index (χ0) is 14.7. The first-order valence-electron chi connectivity index (χ1n) is 7.85. The van der Waals surface area contributed by atoms with E-state index in [-0.39, 0.29) is 0 Å². The van der Waals surface area contributed by atoms with Gasteiger partial charge < -0.3 is 5.32 Å². The van der Waals surface area contributed by atoms with Gasteiger partial charge in [-0.3, -0.25) is 9.80 Å². The molecular formula is C16H35N3. The van der Waals surface area contributed by atoms with Gasteiger partial charge in [-0.05, 0) is 32.7 Å². The van der Waals surface area contributed by atoms with Crippen LogP contribution in [0.3, 0.4) is 0 Å². The van der Waals surface area contributed by atoms with Gasteiger partial charge in [-0.25, -0.2) is 0 Å². The van der Waals surface area contributed by atoms with Crippen LogP contribution in [0.25, 0.3) is 0 Å². The lowest BCUT2D eigenvalue weighted by Gasteiger charge is -2.44. The van der Waals surface area contributed by atoms with E-state index in [9.17, 15) is 0 Å². The van der Waals surface area contributed by atoms with Crippen molar-refractivity contribution in [2.45, 2.75) is 60.0 Å². The molecule has 0 aromatic carbocycles. The van der Waals surface area contributed by atoms with Crippen molar-refractivity contribution in [2.75, 3.05) is 39.3 Å². The lowest BCUT2D eigenvalue weighted by atomic mass is 9.86. The van der Waals surface area contributed by atoms with Crippen molar-refractivity contribution in [3.63, 3.8) is 0 Å². The standard InChI is InChI=1S/C16H35N3/c1-8-17-14(15(2,3)4)13-18-9-11-19(12-10-18)16(5,6)7/h14,17H,8-13H2,1-7H3. The fourth-order valence-electron chi connectivity index (χ4n) is 2.75. The van der Waals surface area contributed by atoms with Gasteiger partial charge in [0.25, 0.3) is 0 Å². The second-order valence-corrected chi connectivity index (χ2v) is 7.93. The average Bonchev–Trinajstić information content (AvgIpc) is 2.26. The number of hydrogen-bond acceptors (Lipinski definition) is 3. The van der Waals surface area contributed by atoms with E-state index >= 15 is 0 Å². The van der Waals surface area contributed by atoms with E-state index < -0.39 is 0 Å². The lowest BCUT2D eigenvalue weighted by molar-refractivity contribution is 0.0502. The van der Waals surface area contributed by atoms with Crippen LogP contribution >= 0.6 is 0 Å². The first-order valence-corrected chi connectivity index (χ1v) is 7.85. The molecule has 1 rings (SSSR count). The van der Waals surface area contributed by atoms with E-state index in [1.54, 1.807) is 0 Å². The second-order valence-electron chi connectivity index (χ2n) is 7.93. The van der Waals surface area contributed by atoms with Gasteiger partial charge in [-0.15, -0.1) is 0 Å². The molecule has 0 aromatic heterocycles. The van der Waals surface area contributed by atoms with Crippen LogP contribution in [0.2, 0.25) is 0 Å². The van der Waals surface area contributed by atoms with Crippen molar-refractivity contribution < 1.29 is 0 Å². The van der Waals surface area contributed by atoms with Crippen molar-refractivity contribution in [3.8, 4) is 0 Å². The minimum absolute atomic E-state index is 0.317. The molecule has 0 radical (unpaired) electrons. The minimum Gasteiger partial charge on any atom is -0.312 e. The predicted octanol–water partition coefficient (Wildman–Crippen LogP) is 2.43. The summed E-state index contributed by atoms with van der Waals surface area (Å²) < 4.78 is 0. The Labute approximate surface area is 120 Å². The molecule has 1 atom stereocenters. The highest BCUT2D eigenvalue weighted by Gasteiger charge is 2.29. The van der Waals surface area contributed by atoms with Gasteiger partial charge in [0.1, 0.15) is 0 Å². The van der Waals surface area contributed by atoms with E-state index in [2.05, 4.69) is 63.6 Å². The van der Waals surface area contributed by atoms with Crippen LogP contribution in [0.5, 0.6) is 0 Å². The van der Waals surface area contributed by atoms with Crippen molar-refractivity contribution in [1.82, 2.24) is 15.1 Å². The van der Waals surface area contributed by atoms with Gasteiger partial charge in [-0.2, -0.15) is 0 Å². The Morgan fingerprint density at radius 1 is 0.947 bits per heavy atom. The van der Waals surface area contributed by atoms with Crippen LogP contribution in [-0.4, -0.2) is 60.6 Å². The first-order chi connectivity index (χ1) is 8.64. The van der Waals surface area contributed by atoms with E-state index in [1.165, 1.54) is 32.7 Å². The van der Waals surface area contributed by atoms with Gasteiger partial charge >= 0.3 is 0 Å². The predicted molar refractivity (Wildman–Crippen MR) is 84.7 cm³/mol. The maximum Gasteiger partial charge on any atom is 0.0243 e. The molecule has 0 amide bonds. The summed E-state index contributed by atoms with van der Waals surface area (Å²) in [6, 6.07) is 0.582. The Morgan fingerprint density at radius 3 is 1.84 bits per heavy atom. The Kier molecular flexibility index (Phi) is 5.84. The molecule has 3 nitrogen and oxygen atoms in total. The number of piperazine rings is 1. The zero-order valence-electron chi connectivity index (χ0n) is 14.2. The van der Waals surface area contributed by atoms with Crippen LogP contribution in [0.1, 0.15) is 48.5 Å². The summed E-state index contributed by atoms with van der Waals surface area (Å²) in [7, 11) is 0. The largest absolute Gasteiger partial charge is 0.312 e. The van der Waals surface area contributed by atoms with Gasteiger partial charge in [0, 0.05) is 44.3 Å². The summed E-state index contributed by atoms with van der Waals surface area (Å²) in [5.74, 6) is 0. The van der Waals surface area contributed by atoms with E-state index in [0.717, 1.165) is 6.54 Å². The summed E-state index contributed by atoms with van der Waals surface area (Å²) in [4.78, 5) is 5.23. The molecule has 1 unspecified atom stereocenters. The van der Waals surface area contributed by atoms with Gasteiger partial charge in [0.2, 0.25) is 0 Å². The summed E-state index contributed by atoms with van der Waals surface area (Å²) >= 11 is 0. The second kappa shape index (κ2) is 6.55. The van der Waals surface area contributed by atoms with Crippen LogP contribution in [0.4, 0.5) is 0 Å². The van der Waals surface area contributed by atoms with Gasteiger partial charge in [-0.1, -0.05) is 27.7 Å². The third kappa shape index (κ3) is 5.41. The quantitative estimate of drug-likeness (QED) is 0.845. The molecule has 1 aliphatic rings. The van der Waals surface area contributed by atoms with Crippen LogP contribution in [0.15, 0.2) is 0 Å². The molecule has 0 aromatic rings. The zero-order valence-corrected chi connectivity index (χ0v) is 14.2. The lowest BCUT2D eigenvalue weighted by Crippen LogP contribution is -2.57. The summed E-state index contributed by atoms with van der Waals surface area (Å²) in [5, 5.41) is 3.66. The normalized spacial score (nSPS) is 21.6. The third-order valence-corrected chi connectivity index (χ3v) is 4.26. The van der Waals surface area contributed by atoms with Crippen molar-refractivity contribution >= 4 is 0 Å². The number of nitrogens with zero attached hydrogens (tertiary/aromatic N) is 2. The fraction of sp³-hybridized carbons (Fsp3) is 1.00. The summed E-state index contributed by atoms with van der Waals surface area (Å²) in [6.07, 6.45) is 0. The number of rotatable bonds is 4. The van der Waals surface area contributed by atoms with Crippen molar-refractivity contribution in [3.05, 3.63) is 0 Å². The maximum absolute atomic E-state index is 3.66. The average molecular weight is 269 g/mol. The Hall–Kier alpha value is -0.120. The molecule has 0 spiro atoms. The number of likely N-dealkylation sites (N-methyl/N-ethyl adjacent to an activating group) is 1. The third-order valence-electron chi connectivity index (χ3n) is 4.26. The maximum atomic E-state index is 3.66. The molecule has 1 heterocycles. The number of hydrogen-bond donors (Lipinski definition) is 1. The number of nitrogens with one attached hydrogen (secondary N) is 1. The topological polar surface area (TPSA) is 18.5 Å². The Bertz CT molecular complexity index is 254. The van der Waals surface area contributed by atoms with Gasteiger partial charge in [0.05, 0.1) is 0 Å².